The third-order valence-electron chi connectivity index (χ3n) is 4.69. The van der Waals surface area contributed by atoms with Crippen molar-refractivity contribution in [1.82, 2.24) is 10.2 Å². The molecule has 2 aromatic rings. The van der Waals surface area contributed by atoms with Gasteiger partial charge in [0.1, 0.15) is 0 Å². The summed E-state index contributed by atoms with van der Waals surface area (Å²) in [4.78, 5) is 16.1. The monoisotopic (exact) mass is 343 g/mol. The Morgan fingerprint density at radius 2 is 2.12 bits per heavy atom. The lowest BCUT2D eigenvalue weighted by Crippen LogP contribution is -2.44. The average Bonchev–Trinajstić information content (AvgIpc) is 3.08. The largest absolute Gasteiger partial charge is 0.354 e. The van der Waals surface area contributed by atoms with E-state index < -0.39 is 0 Å². The van der Waals surface area contributed by atoms with Gasteiger partial charge in [-0.3, -0.25) is 9.69 Å². The van der Waals surface area contributed by atoms with E-state index in [4.69, 9.17) is 5.73 Å². The molecule has 1 aromatic heterocycles. The minimum atomic E-state index is -0.246. The fourth-order valence-corrected chi connectivity index (χ4v) is 4.02. The molecule has 4 nitrogen and oxygen atoms in total. The highest BCUT2D eigenvalue weighted by molar-refractivity contribution is 7.10. The van der Waals surface area contributed by atoms with Gasteiger partial charge in [-0.05, 0) is 35.9 Å². The van der Waals surface area contributed by atoms with Crippen LogP contribution in [0.15, 0.2) is 41.8 Å². The topological polar surface area (TPSA) is 58.4 Å². The van der Waals surface area contributed by atoms with Crippen molar-refractivity contribution in [3.05, 3.63) is 57.8 Å². The third kappa shape index (κ3) is 4.23. The second-order valence-corrected chi connectivity index (χ2v) is 7.46. The van der Waals surface area contributed by atoms with E-state index in [0.29, 0.717) is 19.0 Å². The quantitative estimate of drug-likeness (QED) is 0.848. The van der Waals surface area contributed by atoms with Crippen LogP contribution < -0.4 is 11.1 Å². The molecule has 2 unspecified atom stereocenters. The molecule has 3 N–H and O–H groups in total. The molecule has 2 heterocycles. The molecule has 1 aliphatic heterocycles. The molecule has 0 spiro atoms. The Labute approximate surface area is 147 Å². The van der Waals surface area contributed by atoms with Crippen molar-refractivity contribution in [2.75, 3.05) is 13.1 Å². The first-order valence-electron chi connectivity index (χ1n) is 8.50. The first-order valence-corrected chi connectivity index (χ1v) is 9.38. The zero-order valence-electron chi connectivity index (χ0n) is 14.1. The number of nitrogens with two attached hydrogens (primary N) is 1. The molecular weight excluding hydrogens is 318 g/mol. The van der Waals surface area contributed by atoms with Gasteiger partial charge in [-0.15, -0.1) is 11.3 Å². The van der Waals surface area contributed by atoms with Gasteiger partial charge in [0.05, 0.1) is 0 Å². The van der Waals surface area contributed by atoms with Crippen molar-refractivity contribution in [1.29, 1.82) is 0 Å². The highest BCUT2D eigenvalue weighted by atomic mass is 32.1. The normalized spacial score (nSPS) is 17.1. The Kier molecular flexibility index (Phi) is 5.66. The number of hydrogen-bond acceptors (Lipinski definition) is 4. The molecule has 1 amide bonds. The zero-order valence-corrected chi connectivity index (χ0v) is 14.9. The van der Waals surface area contributed by atoms with E-state index in [1.165, 1.54) is 10.4 Å². The Morgan fingerprint density at radius 3 is 2.92 bits per heavy atom. The predicted molar refractivity (Wildman–Crippen MR) is 98.9 cm³/mol. The summed E-state index contributed by atoms with van der Waals surface area (Å²) in [7, 11) is 0. The maximum Gasteiger partial charge on any atom is 0.221 e. The minimum absolute atomic E-state index is 0.0198. The average molecular weight is 343 g/mol. The van der Waals surface area contributed by atoms with Gasteiger partial charge < -0.3 is 11.1 Å². The molecule has 0 aliphatic carbocycles. The van der Waals surface area contributed by atoms with Crippen molar-refractivity contribution in [2.45, 2.75) is 38.4 Å². The van der Waals surface area contributed by atoms with Crippen molar-refractivity contribution < 1.29 is 4.79 Å². The van der Waals surface area contributed by atoms with E-state index in [2.05, 4.69) is 28.6 Å². The van der Waals surface area contributed by atoms with Crippen LogP contribution >= 0.6 is 11.3 Å². The summed E-state index contributed by atoms with van der Waals surface area (Å²) in [5.74, 6) is 0.0198. The first kappa shape index (κ1) is 17.1. The van der Waals surface area contributed by atoms with E-state index in [-0.39, 0.29) is 11.9 Å². The number of carbonyl (C=O) groups is 1. The van der Waals surface area contributed by atoms with Crippen molar-refractivity contribution in [3.8, 4) is 0 Å². The molecule has 128 valence electrons. The van der Waals surface area contributed by atoms with Gasteiger partial charge in [-0.25, -0.2) is 0 Å². The molecule has 0 bridgehead atoms. The Morgan fingerprint density at radius 1 is 1.33 bits per heavy atom. The van der Waals surface area contributed by atoms with Crippen LogP contribution in [-0.4, -0.2) is 29.9 Å². The molecule has 0 saturated heterocycles. The molecule has 24 heavy (non-hydrogen) atoms. The number of carbonyl (C=O) groups excluding carboxylic acids is 1. The number of hydrogen-bond donors (Lipinski definition) is 2. The molecule has 2 atom stereocenters. The maximum atomic E-state index is 12.2. The number of benzene rings is 1. The first-order chi connectivity index (χ1) is 11.6. The fraction of sp³-hybridized carbons (Fsp3) is 0.421. The molecule has 1 aromatic carbocycles. The number of rotatable bonds is 6. The predicted octanol–water partition coefficient (Wildman–Crippen LogP) is 2.70. The molecule has 0 radical (unpaired) electrons. The van der Waals surface area contributed by atoms with Crippen molar-refractivity contribution >= 4 is 17.2 Å². The summed E-state index contributed by atoms with van der Waals surface area (Å²) in [5, 5.41) is 5.21. The van der Waals surface area contributed by atoms with Crippen LogP contribution in [0.5, 0.6) is 0 Å². The van der Waals surface area contributed by atoms with Crippen molar-refractivity contribution in [2.24, 2.45) is 5.73 Å². The third-order valence-corrected chi connectivity index (χ3v) is 5.71. The highest BCUT2D eigenvalue weighted by Gasteiger charge is 2.22. The van der Waals surface area contributed by atoms with Crippen LogP contribution in [0.25, 0.3) is 0 Å². The molecular formula is C19H25N3OS. The molecule has 5 heteroatoms. The second-order valence-electron chi connectivity index (χ2n) is 6.46. The summed E-state index contributed by atoms with van der Waals surface area (Å²) in [6.07, 6.45) is 1.44. The molecule has 3 rings (SSSR count). The Balaban J connectivity index is 1.44. The number of thiophene rings is 1. The van der Waals surface area contributed by atoms with Gasteiger partial charge in [0.2, 0.25) is 5.91 Å². The number of amides is 1. The number of nitrogens with one attached hydrogen (secondary N) is 1. The summed E-state index contributed by atoms with van der Waals surface area (Å²) >= 11 is 1.85. The second kappa shape index (κ2) is 7.92. The lowest BCUT2D eigenvalue weighted by atomic mass is 10.0. The van der Waals surface area contributed by atoms with Crippen LogP contribution in [0.2, 0.25) is 0 Å². The van der Waals surface area contributed by atoms with Crippen LogP contribution in [0.4, 0.5) is 0 Å². The van der Waals surface area contributed by atoms with Crippen LogP contribution in [0.1, 0.15) is 35.4 Å². The van der Waals surface area contributed by atoms with E-state index in [0.717, 1.165) is 25.1 Å². The highest BCUT2D eigenvalue weighted by Crippen LogP contribution is 2.25. The zero-order chi connectivity index (χ0) is 16.9. The van der Waals surface area contributed by atoms with Crippen LogP contribution in [0, 0.1) is 0 Å². The van der Waals surface area contributed by atoms with E-state index in [9.17, 15) is 4.79 Å². The number of fused-ring (bicyclic) bond motifs is 1. The lowest BCUT2D eigenvalue weighted by molar-refractivity contribution is -0.121. The SMILES string of the molecule is CC(CNC(=O)CC(N)c1ccccc1)N1CCc2sccc2C1. The van der Waals surface area contributed by atoms with E-state index >= 15 is 0 Å². The lowest BCUT2D eigenvalue weighted by Gasteiger charge is -2.32. The minimum Gasteiger partial charge on any atom is -0.354 e. The molecule has 0 fully saturated rings. The van der Waals surface area contributed by atoms with E-state index in [1.807, 2.05) is 41.7 Å². The van der Waals surface area contributed by atoms with Crippen molar-refractivity contribution in [3.63, 3.8) is 0 Å². The van der Waals surface area contributed by atoms with Crippen LogP contribution in [-0.2, 0) is 17.8 Å². The summed E-state index contributed by atoms with van der Waals surface area (Å²) in [6, 6.07) is 12.1. The number of nitrogens with zero attached hydrogens (tertiary/aromatic N) is 1. The summed E-state index contributed by atoms with van der Waals surface area (Å²) in [5.41, 5.74) is 8.56. The van der Waals surface area contributed by atoms with Gasteiger partial charge in [0.25, 0.3) is 0 Å². The van der Waals surface area contributed by atoms with Gasteiger partial charge in [0, 0.05) is 43.0 Å². The van der Waals surface area contributed by atoms with Gasteiger partial charge in [-0.2, -0.15) is 0 Å². The molecule has 0 saturated carbocycles. The van der Waals surface area contributed by atoms with Crippen LogP contribution in [0.3, 0.4) is 0 Å². The summed E-state index contributed by atoms with van der Waals surface area (Å²) in [6.45, 7) is 4.89. The van der Waals surface area contributed by atoms with E-state index in [1.54, 1.807) is 0 Å². The van der Waals surface area contributed by atoms with Gasteiger partial charge >= 0.3 is 0 Å². The Bertz CT molecular complexity index is 670. The molecule has 1 aliphatic rings. The smallest absolute Gasteiger partial charge is 0.221 e. The maximum absolute atomic E-state index is 12.2. The standard InChI is InChI=1S/C19H25N3OS/c1-14(22-9-7-18-16(13-22)8-10-24-18)12-21-19(23)11-17(20)15-5-3-2-4-6-15/h2-6,8,10,14,17H,7,9,11-13,20H2,1H3,(H,21,23). The Hall–Kier alpha value is -1.69. The summed E-state index contributed by atoms with van der Waals surface area (Å²) < 4.78 is 0. The van der Waals surface area contributed by atoms with Gasteiger partial charge in [0.15, 0.2) is 0 Å². The fourth-order valence-electron chi connectivity index (χ4n) is 3.13. The van der Waals surface area contributed by atoms with Gasteiger partial charge in [-0.1, -0.05) is 30.3 Å².